The fraction of sp³-hybridized carbons (Fsp3) is 0.125. The molecule has 3 nitrogen and oxygen atoms in total. The van der Waals surface area contributed by atoms with Crippen LogP contribution in [0.25, 0.3) is 0 Å². The van der Waals surface area contributed by atoms with E-state index in [0.717, 1.165) is 11.1 Å². The summed E-state index contributed by atoms with van der Waals surface area (Å²) < 4.78 is 0. The summed E-state index contributed by atoms with van der Waals surface area (Å²) in [4.78, 5) is 15.4. The summed E-state index contributed by atoms with van der Waals surface area (Å²) in [5.74, 6) is -0.906. The molecule has 0 saturated heterocycles. The van der Waals surface area contributed by atoms with Crippen molar-refractivity contribution in [1.82, 2.24) is 0 Å². The molecular formula is C16H15NO2. The van der Waals surface area contributed by atoms with E-state index in [-0.39, 0.29) is 0 Å². The van der Waals surface area contributed by atoms with Crippen LogP contribution in [0.4, 0.5) is 0 Å². The third-order valence-electron chi connectivity index (χ3n) is 2.76. The van der Waals surface area contributed by atoms with Gasteiger partial charge >= 0.3 is 5.97 Å². The molecule has 0 aliphatic heterocycles. The van der Waals surface area contributed by atoms with E-state index in [2.05, 4.69) is 4.99 Å². The van der Waals surface area contributed by atoms with E-state index >= 15 is 0 Å². The van der Waals surface area contributed by atoms with E-state index in [0.29, 0.717) is 6.42 Å². The third kappa shape index (κ3) is 4.07. The molecule has 19 heavy (non-hydrogen) atoms. The Balaban J connectivity index is 2.09. The van der Waals surface area contributed by atoms with Crippen LogP contribution in [-0.4, -0.2) is 23.3 Å². The summed E-state index contributed by atoms with van der Waals surface area (Å²) in [5.41, 5.74) is 1.88. The standard InChI is InChI=1S/C16H15NO2/c18-16(19)15(11-13-7-3-1-4-8-13)17-12-14-9-5-2-6-10-14/h1-10,12,15H,11H2,(H,18,19)/t15-/m0/s1. The van der Waals surface area contributed by atoms with Crippen LogP contribution in [0.2, 0.25) is 0 Å². The first-order valence-corrected chi connectivity index (χ1v) is 6.10. The van der Waals surface area contributed by atoms with Crippen LogP contribution in [-0.2, 0) is 11.2 Å². The zero-order valence-corrected chi connectivity index (χ0v) is 10.4. The Kier molecular flexibility index (Phi) is 4.45. The van der Waals surface area contributed by atoms with Crippen molar-refractivity contribution in [2.75, 3.05) is 0 Å². The molecule has 0 fully saturated rings. The van der Waals surface area contributed by atoms with Gasteiger partial charge in [0.25, 0.3) is 0 Å². The van der Waals surface area contributed by atoms with E-state index in [9.17, 15) is 9.90 Å². The Bertz CT molecular complexity index is 549. The van der Waals surface area contributed by atoms with Gasteiger partial charge in [-0.2, -0.15) is 0 Å². The van der Waals surface area contributed by atoms with Gasteiger partial charge in [0.2, 0.25) is 0 Å². The van der Waals surface area contributed by atoms with Crippen molar-refractivity contribution in [1.29, 1.82) is 0 Å². The molecule has 0 heterocycles. The molecule has 2 aromatic carbocycles. The summed E-state index contributed by atoms with van der Waals surface area (Å²) in [6, 6.07) is 18.3. The van der Waals surface area contributed by atoms with E-state index in [1.807, 2.05) is 60.7 Å². The fourth-order valence-electron chi connectivity index (χ4n) is 1.76. The second-order valence-electron chi connectivity index (χ2n) is 4.23. The van der Waals surface area contributed by atoms with Crippen molar-refractivity contribution in [3.05, 3.63) is 71.8 Å². The highest BCUT2D eigenvalue weighted by Gasteiger charge is 2.15. The quantitative estimate of drug-likeness (QED) is 0.833. The Labute approximate surface area is 112 Å². The maximum absolute atomic E-state index is 11.2. The molecule has 0 radical (unpaired) electrons. The number of benzene rings is 2. The Morgan fingerprint density at radius 1 is 1.05 bits per heavy atom. The lowest BCUT2D eigenvalue weighted by molar-refractivity contribution is -0.138. The molecule has 0 amide bonds. The van der Waals surface area contributed by atoms with Gasteiger partial charge in [-0.25, -0.2) is 4.79 Å². The van der Waals surface area contributed by atoms with Gasteiger partial charge in [-0.3, -0.25) is 4.99 Å². The molecule has 0 aromatic heterocycles. The van der Waals surface area contributed by atoms with E-state index in [4.69, 9.17) is 0 Å². The lowest BCUT2D eigenvalue weighted by atomic mass is 10.1. The fourth-order valence-corrected chi connectivity index (χ4v) is 1.76. The van der Waals surface area contributed by atoms with Crippen molar-refractivity contribution < 1.29 is 9.90 Å². The van der Waals surface area contributed by atoms with Crippen molar-refractivity contribution >= 4 is 12.2 Å². The molecule has 2 rings (SSSR count). The van der Waals surface area contributed by atoms with Crippen LogP contribution >= 0.6 is 0 Å². The van der Waals surface area contributed by atoms with E-state index < -0.39 is 12.0 Å². The molecule has 1 N–H and O–H groups in total. The van der Waals surface area contributed by atoms with Gasteiger partial charge in [-0.05, 0) is 11.1 Å². The first-order chi connectivity index (χ1) is 9.25. The molecule has 3 heteroatoms. The summed E-state index contributed by atoms with van der Waals surface area (Å²) in [7, 11) is 0. The second kappa shape index (κ2) is 6.50. The highest BCUT2D eigenvalue weighted by atomic mass is 16.4. The number of hydrogen-bond donors (Lipinski definition) is 1. The normalized spacial score (nSPS) is 12.4. The highest BCUT2D eigenvalue weighted by molar-refractivity contribution is 5.83. The maximum Gasteiger partial charge on any atom is 0.328 e. The average Bonchev–Trinajstić information content (AvgIpc) is 2.45. The van der Waals surface area contributed by atoms with Gasteiger partial charge in [0.15, 0.2) is 6.04 Å². The van der Waals surface area contributed by atoms with Crippen molar-refractivity contribution in [2.45, 2.75) is 12.5 Å². The molecule has 0 spiro atoms. The minimum absolute atomic E-state index is 0.402. The lowest BCUT2D eigenvalue weighted by Gasteiger charge is -2.07. The van der Waals surface area contributed by atoms with Crippen LogP contribution in [0.5, 0.6) is 0 Å². The minimum Gasteiger partial charge on any atom is -0.480 e. The monoisotopic (exact) mass is 253 g/mol. The van der Waals surface area contributed by atoms with Gasteiger partial charge in [-0.15, -0.1) is 0 Å². The van der Waals surface area contributed by atoms with E-state index in [1.54, 1.807) is 6.21 Å². The summed E-state index contributed by atoms with van der Waals surface area (Å²) >= 11 is 0. The smallest absolute Gasteiger partial charge is 0.328 e. The zero-order chi connectivity index (χ0) is 13.5. The average molecular weight is 253 g/mol. The molecule has 1 atom stereocenters. The minimum atomic E-state index is -0.906. The van der Waals surface area contributed by atoms with Gasteiger partial charge in [0.05, 0.1) is 0 Å². The SMILES string of the molecule is O=C(O)[C@H](Cc1ccccc1)N=Cc1ccccc1. The van der Waals surface area contributed by atoms with Crippen molar-refractivity contribution in [3.8, 4) is 0 Å². The number of aliphatic carboxylic acids is 1. The van der Waals surface area contributed by atoms with Crippen LogP contribution in [0.1, 0.15) is 11.1 Å². The van der Waals surface area contributed by atoms with Crippen molar-refractivity contribution in [2.24, 2.45) is 4.99 Å². The molecule has 0 unspecified atom stereocenters. The first kappa shape index (κ1) is 13.0. The molecule has 0 saturated carbocycles. The number of carbonyl (C=O) groups is 1. The Morgan fingerprint density at radius 3 is 2.21 bits per heavy atom. The second-order valence-corrected chi connectivity index (χ2v) is 4.23. The third-order valence-corrected chi connectivity index (χ3v) is 2.76. The summed E-state index contributed by atoms with van der Waals surface area (Å²) in [6.07, 6.45) is 2.02. The molecule has 0 aliphatic rings. The molecule has 0 bridgehead atoms. The topological polar surface area (TPSA) is 49.7 Å². The highest BCUT2D eigenvalue weighted by Crippen LogP contribution is 2.06. The van der Waals surface area contributed by atoms with E-state index in [1.165, 1.54) is 0 Å². The first-order valence-electron chi connectivity index (χ1n) is 6.10. The number of aliphatic imine (C=N–C) groups is 1. The lowest BCUT2D eigenvalue weighted by Crippen LogP contribution is -2.20. The Hall–Kier alpha value is -2.42. The van der Waals surface area contributed by atoms with Gasteiger partial charge < -0.3 is 5.11 Å². The zero-order valence-electron chi connectivity index (χ0n) is 10.4. The van der Waals surface area contributed by atoms with Crippen LogP contribution in [0, 0.1) is 0 Å². The summed E-state index contributed by atoms with van der Waals surface area (Å²) in [6.45, 7) is 0. The predicted molar refractivity (Wildman–Crippen MR) is 75.6 cm³/mol. The largest absolute Gasteiger partial charge is 0.480 e. The molecule has 96 valence electrons. The maximum atomic E-state index is 11.2. The molecular weight excluding hydrogens is 238 g/mol. The Morgan fingerprint density at radius 2 is 1.63 bits per heavy atom. The van der Waals surface area contributed by atoms with Gasteiger partial charge in [-0.1, -0.05) is 60.7 Å². The van der Waals surface area contributed by atoms with Crippen LogP contribution < -0.4 is 0 Å². The molecule has 2 aromatic rings. The van der Waals surface area contributed by atoms with Crippen molar-refractivity contribution in [3.63, 3.8) is 0 Å². The van der Waals surface area contributed by atoms with Gasteiger partial charge in [0, 0.05) is 12.6 Å². The number of hydrogen-bond acceptors (Lipinski definition) is 2. The number of nitrogens with zero attached hydrogens (tertiary/aromatic N) is 1. The number of carboxylic acids is 1. The summed E-state index contributed by atoms with van der Waals surface area (Å²) in [5, 5.41) is 9.20. The number of carboxylic acid groups (broad SMARTS) is 1. The van der Waals surface area contributed by atoms with Gasteiger partial charge in [0.1, 0.15) is 0 Å². The van der Waals surface area contributed by atoms with Crippen LogP contribution in [0.3, 0.4) is 0 Å². The number of rotatable bonds is 5. The van der Waals surface area contributed by atoms with Crippen LogP contribution in [0.15, 0.2) is 65.7 Å². The molecule has 0 aliphatic carbocycles. The predicted octanol–water partition coefficient (Wildman–Crippen LogP) is 2.80.